The Hall–Kier alpha value is -2.07. The van der Waals surface area contributed by atoms with Crippen molar-refractivity contribution >= 4 is 21.7 Å². The van der Waals surface area contributed by atoms with Gasteiger partial charge in [-0.05, 0) is 24.4 Å². The second-order valence-electron chi connectivity index (χ2n) is 4.89. The molecule has 0 unspecified atom stereocenters. The molecule has 3 rings (SSSR count). The molecule has 0 saturated heterocycles. The Morgan fingerprint density at radius 3 is 2.74 bits per heavy atom. The summed E-state index contributed by atoms with van der Waals surface area (Å²) in [6.45, 7) is 2.69. The lowest BCUT2D eigenvalue weighted by Gasteiger charge is -2.09. The van der Waals surface area contributed by atoms with E-state index in [9.17, 15) is 0 Å². The quantitative estimate of drug-likeness (QED) is 0.782. The first-order chi connectivity index (χ1) is 9.19. The molecular formula is C15H17N3O. The van der Waals surface area contributed by atoms with Crippen LogP contribution in [0.4, 0.5) is 0 Å². The van der Waals surface area contributed by atoms with E-state index in [2.05, 4.69) is 29.4 Å². The summed E-state index contributed by atoms with van der Waals surface area (Å²) >= 11 is 0. The Morgan fingerprint density at radius 1 is 1.26 bits per heavy atom. The van der Waals surface area contributed by atoms with Crippen molar-refractivity contribution in [3.05, 3.63) is 36.5 Å². The van der Waals surface area contributed by atoms with Gasteiger partial charge in [0, 0.05) is 16.8 Å². The Bertz CT molecular complexity index is 731. The molecular weight excluding hydrogens is 238 g/mol. The van der Waals surface area contributed by atoms with Crippen LogP contribution in [0.2, 0.25) is 0 Å². The first kappa shape index (κ1) is 12.0. The molecule has 3 aromatic rings. The van der Waals surface area contributed by atoms with E-state index in [4.69, 9.17) is 10.5 Å². The van der Waals surface area contributed by atoms with Gasteiger partial charge in [0.05, 0.1) is 25.4 Å². The van der Waals surface area contributed by atoms with Crippen LogP contribution < -0.4 is 10.5 Å². The van der Waals surface area contributed by atoms with Gasteiger partial charge < -0.3 is 10.5 Å². The van der Waals surface area contributed by atoms with E-state index in [1.165, 1.54) is 5.39 Å². The van der Waals surface area contributed by atoms with Crippen LogP contribution in [0, 0.1) is 0 Å². The molecule has 1 heterocycles. The highest BCUT2D eigenvalue weighted by atomic mass is 16.5. The molecule has 0 radical (unpaired) electrons. The van der Waals surface area contributed by atoms with Gasteiger partial charge in [0.1, 0.15) is 5.75 Å². The van der Waals surface area contributed by atoms with Gasteiger partial charge in [0.2, 0.25) is 0 Å². The summed E-state index contributed by atoms with van der Waals surface area (Å²) in [5.41, 5.74) is 7.01. The van der Waals surface area contributed by atoms with Crippen molar-refractivity contribution in [2.24, 2.45) is 5.73 Å². The molecule has 0 aliphatic heterocycles. The second kappa shape index (κ2) is 4.55. The summed E-state index contributed by atoms with van der Waals surface area (Å²) in [5, 5.41) is 7.89. The summed E-state index contributed by atoms with van der Waals surface area (Å²) < 4.78 is 7.29. The highest BCUT2D eigenvalue weighted by molar-refractivity contribution is 6.05. The van der Waals surface area contributed by atoms with Crippen LogP contribution in [0.1, 0.15) is 6.92 Å². The number of nitrogens with two attached hydrogens (primary N) is 1. The molecule has 0 saturated carbocycles. The first-order valence-corrected chi connectivity index (χ1v) is 6.37. The number of nitrogens with zero attached hydrogens (tertiary/aromatic N) is 2. The van der Waals surface area contributed by atoms with Crippen molar-refractivity contribution in [2.75, 3.05) is 7.11 Å². The van der Waals surface area contributed by atoms with Gasteiger partial charge >= 0.3 is 0 Å². The van der Waals surface area contributed by atoms with Gasteiger partial charge in [-0.3, -0.25) is 4.68 Å². The van der Waals surface area contributed by atoms with Gasteiger partial charge in [-0.25, -0.2) is 0 Å². The number of hydrogen-bond donors (Lipinski definition) is 1. The third-order valence-corrected chi connectivity index (χ3v) is 3.29. The molecule has 0 aliphatic carbocycles. The standard InChI is InChI=1S/C15H17N3O/c1-10(16)9-18-15-12(8-17-18)4-3-11-5-6-13(19-2)7-14(11)15/h3-8,10H,9,16H2,1-2H3/t10-/m0/s1. The summed E-state index contributed by atoms with van der Waals surface area (Å²) in [6, 6.07) is 10.4. The summed E-state index contributed by atoms with van der Waals surface area (Å²) in [6.07, 6.45) is 1.89. The van der Waals surface area contributed by atoms with Crippen LogP contribution in [-0.2, 0) is 6.54 Å². The van der Waals surface area contributed by atoms with Crippen LogP contribution in [0.3, 0.4) is 0 Å². The monoisotopic (exact) mass is 255 g/mol. The number of hydrogen-bond acceptors (Lipinski definition) is 3. The van der Waals surface area contributed by atoms with E-state index >= 15 is 0 Å². The lowest BCUT2D eigenvalue weighted by atomic mass is 10.1. The molecule has 0 spiro atoms. The number of fused-ring (bicyclic) bond motifs is 3. The van der Waals surface area contributed by atoms with E-state index in [-0.39, 0.29) is 6.04 Å². The summed E-state index contributed by atoms with van der Waals surface area (Å²) in [4.78, 5) is 0. The van der Waals surface area contributed by atoms with E-state index in [1.54, 1.807) is 7.11 Å². The molecule has 1 atom stereocenters. The van der Waals surface area contributed by atoms with Gasteiger partial charge in [0.25, 0.3) is 0 Å². The van der Waals surface area contributed by atoms with Crippen molar-refractivity contribution in [3.8, 4) is 5.75 Å². The number of ether oxygens (including phenoxy) is 1. The molecule has 4 nitrogen and oxygen atoms in total. The number of rotatable bonds is 3. The molecule has 4 heteroatoms. The van der Waals surface area contributed by atoms with Gasteiger partial charge in [-0.1, -0.05) is 18.2 Å². The molecule has 19 heavy (non-hydrogen) atoms. The lowest BCUT2D eigenvalue weighted by molar-refractivity contribution is 0.415. The fourth-order valence-corrected chi connectivity index (χ4v) is 2.42. The molecule has 0 aliphatic rings. The van der Waals surface area contributed by atoms with E-state index < -0.39 is 0 Å². The maximum absolute atomic E-state index is 5.89. The van der Waals surface area contributed by atoms with Gasteiger partial charge in [-0.2, -0.15) is 5.10 Å². The van der Waals surface area contributed by atoms with Crippen molar-refractivity contribution < 1.29 is 4.74 Å². The zero-order chi connectivity index (χ0) is 13.4. The largest absolute Gasteiger partial charge is 0.497 e. The van der Waals surface area contributed by atoms with Crippen LogP contribution in [0.15, 0.2) is 36.5 Å². The third-order valence-electron chi connectivity index (χ3n) is 3.29. The first-order valence-electron chi connectivity index (χ1n) is 6.37. The van der Waals surface area contributed by atoms with Crippen molar-refractivity contribution in [3.63, 3.8) is 0 Å². The van der Waals surface area contributed by atoms with E-state index in [0.717, 1.165) is 22.0 Å². The maximum Gasteiger partial charge on any atom is 0.119 e. The molecule has 2 N–H and O–H groups in total. The minimum Gasteiger partial charge on any atom is -0.497 e. The number of methoxy groups -OCH3 is 1. The number of aromatic nitrogens is 2. The molecule has 0 bridgehead atoms. The molecule has 1 aromatic heterocycles. The topological polar surface area (TPSA) is 53.1 Å². The average Bonchev–Trinajstić information content (AvgIpc) is 2.81. The Morgan fingerprint density at radius 2 is 2.00 bits per heavy atom. The Kier molecular flexibility index (Phi) is 2.87. The van der Waals surface area contributed by atoms with Crippen LogP contribution in [0.25, 0.3) is 21.7 Å². The number of benzene rings is 2. The van der Waals surface area contributed by atoms with E-state index in [0.29, 0.717) is 6.54 Å². The summed E-state index contributed by atoms with van der Waals surface area (Å²) in [5.74, 6) is 0.855. The normalized spacial score (nSPS) is 13.0. The maximum atomic E-state index is 5.89. The fraction of sp³-hybridized carbons (Fsp3) is 0.267. The lowest BCUT2D eigenvalue weighted by Crippen LogP contribution is -2.22. The Labute approximate surface area is 111 Å². The zero-order valence-corrected chi connectivity index (χ0v) is 11.1. The smallest absolute Gasteiger partial charge is 0.119 e. The Balaban J connectivity index is 2.32. The second-order valence-corrected chi connectivity index (χ2v) is 4.89. The molecule has 0 amide bonds. The molecule has 0 fully saturated rings. The van der Waals surface area contributed by atoms with Crippen LogP contribution in [-0.4, -0.2) is 22.9 Å². The van der Waals surface area contributed by atoms with Gasteiger partial charge in [-0.15, -0.1) is 0 Å². The fourth-order valence-electron chi connectivity index (χ4n) is 2.42. The molecule has 2 aromatic carbocycles. The zero-order valence-electron chi connectivity index (χ0n) is 11.1. The van der Waals surface area contributed by atoms with Crippen LogP contribution >= 0.6 is 0 Å². The third kappa shape index (κ3) is 2.04. The van der Waals surface area contributed by atoms with Crippen LogP contribution in [0.5, 0.6) is 5.75 Å². The van der Waals surface area contributed by atoms with Gasteiger partial charge in [0.15, 0.2) is 0 Å². The van der Waals surface area contributed by atoms with Crippen molar-refractivity contribution in [2.45, 2.75) is 19.5 Å². The van der Waals surface area contributed by atoms with Crippen molar-refractivity contribution in [1.29, 1.82) is 0 Å². The predicted octanol–water partition coefficient (Wildman–Crippen LogP) is 2.55. The summed E-state index contributed by atoms with van der Waals surface area (Å²) in [7, 11) is 1.68. The molecule has 98 valence electrons. The minimum atomic E-state index is 0.0731. The highest BCUT2D eigenvalue weighted by Crippen LogP contribution is 2.28. The minimum absolute atomic E-state index is 0.0731. The average molecular weight is 255 g/mol. The predicted molar refractivity (Wildman–Crippen MR) is 77.4 cm³/mol. The van der Waals surface area contributed by atoms with E-state index in [1.807, 2.05) is 23.9 Å². The van der Waals surface area contributed by atoms with Crippen molar-refractivity contribution in [1.82, 2.24) is 9.78 Å². The SMILES string of the molecule is COc1ccc2ccc3cnn(C[C@H](C)N)c3c2c1. The highest BCUT2D eigenvalue weighted by Gasteiger charge is 2.09.